The van der Waals surface area contributed by atoms with E-state index in [1.807, 2.05) is 0 Å². The highest BCUT2D eigenvalue weighted by molar-refractivity contribution is 5.75. The lowest BCUT2D eigenvalue weighted by molar-refractivity contribution is -0.143. The van der Waals surface area contributed by atoms with Gasteiger partial charge in [0.25, 0.3) is 0 Å². The summed E-state index contributed by atoms with van der Waals surface area (Å²) in [6.07, 6.45) is 0. The molecular weight excluding hydrogens is 247 g/mol. The molecule has 0 saturated heterocycles. The van der Waals surface area contributed by atoms with Crippen molar-refractivity contribution in [2.24, 2.45) is 0 Å². The van der Waals surface area contributed by atoms with Crippen LogP contribution in [-0.2, 0) is 4.79 Å². The molecule has 18 heavy (non-hydrogen) atoms. The summed E-state index contributed by atoms with van der Waals surface area (Å²) in [5, 5.41) is 9.12. The number of carboxylic acid groups (broad SMARTS) is 1. The van der Waals surface area contributed by atoms with Crippen molar-refractivity contribution < 1.29 is 23.1 Å². The lowest BCUT2D eigenvalue weighted by Crippen LogP contribution is -2.34. The van der Waals surface area contributed by atoms with Crippen LogP contribution < -0.4 is 0 Å². The van der Waals surface area contributed by atoms with E-state index in [0.29, 0.717) is 25.2 Å². The fourth-order valence-electron chi connectivity index (χ4n) is 1.82. The van der Waals surface area contributed by atoms with Crippen molar-refractivity contribution in [3.8, 4) is 0 Å². The molecule has 0 amide bonds. The van der Waals surface area contributed by atoms with Crippen LogP contribution in [0.25, 0.3) is 0 Å². The molecule has 100 valence electrons. The Morgan fingerprint density at radius 2 is 1.67 bits per heavy atom. The Bertz CT molecular complexity index is 447. The summed E-state index contributed by atoms with van der Waals surface area (Å²) in [4.78, 5) is 12.6. The molecule has 3 nitrogen and oxygen atoms in total. The minimum Gasteiger partial charge on any atom is -0.480 e. The molecule has 0 aliphatic heterocycles. The highest BCUT2D eigenvalue weighted by atomic mass is 19.2. The molecule has 1 unspecified atom stereocenters. The van der Waals surface area contributed by atoms with Gasteiger partial charge in [0.1, 0.15) is 11.9 Å². The Kier molecular flexibility index (Phi) is 4.72. The number of carboxylic acids is 1. The highest BCUT2D eigenvalue weighted by Crippen LogP contribution is 2.25. The van der Waals surface area contributed by atoms with Crippen molar-refractivity contribution in [1.82, 2.24) is 4.90 Å². The van der Waals surface area contributed by atoms with E-state index < -0.39 is 29.5 Å². The van der Waals surface area contributed by atoms with Crippen LogP contribution in [0.2, 0.25) is 0 Å². The average molecular weight is 261 g/mol. The summed E-state index contributed by atoms with van der Waals surface area (Å²) < 4.78 is 39.5. The first kappa shape index (κ1) is 14.5. The van der Waals surface area contributed by atoms with E-state index in [9.17, 15) is 18.0 Å². The molecule has 0 aromatic heterocycles. The van der Waals surface area contributed by atoms with E-state index in [2.05, 4.69) is 0 Å². The van der Waals surface area contributed by atoms with Crippen LogP contribution in [0.5, 0.6) is 0 Å². The largest absolute Gasteiger partial charge is 0.480 e. The third-order valence-corrected chi connectivity index (χ3v) is 2.75. The second kappa shape index (κ2) is 5.86. The van der Waals surface area contributed by atoms with E-state index in [4.69, 9.17) is 5.11 Å². The summed E-state index contributed by atoms with van der Waals surface area (Å²) in [6, 6.07) is -0.360. The number of carbonyl (C=O) groups is 1. The van der Waals surface area contributed by atoms with Gasteiger partial charge in [-0.25, -0.2) is 13.2 Å². The Labute approximate surface area is 103 Å². The van der Waals surface area contributed by atoms with Crippen LogP contribution in [0.15, 0.2) is 12.1 Å². The molecule has 0 aliphatic rings. The third-order valence-electron chi connectivity index (χ3n) is 2.75. The van der Waals surface area contributed by atoms with E-state index in [1.54, 1.807) is 13.8 Å². The molecule has 1 atom stereocenters. The molecule has 0 spiro atoms. The Morgan fingerprint density at radius 1 is 1.17 bits per heavy atom. The van der Waals surface area contributed by atoms with Crippen LogP contribution in [0.4, 0.5) is 13.2 Å². The molecule has 1 N–H and O–H groups in total. The van der Waals surface area contributed by atoms with Crippen molar-refractivity contribution in [3.63, 3.8) is 0 Å². The number of hydrogen-bond donors (Lipinski definition) is 1. The predicted octanol–water partition coefficient (Wildman–Crippen LogP) is 2.57. The molecule has 1 rings (SSSR count). The number of likely N-dealkylation sites (N-methyl/N-ethyl adjacent to an activating group) is 1. The molecule has 0 aliphatic carbocycles. The predicted molar refractivity (Wildman–Crippen MR) is 59.6 cm³/mol. The van der Waals surface area contributed by atoms with Gasteiger partial charge < -0.3 is 5.11 Å². The normalized spacial score (nSPS) is 12.8. The lowest BCUT2D eigenvalue weighted by Gasteiger charge is -2.26. The van der Waals surface area contributed by atoms with Crippen molar-refractivity contribution >= 4 is 5.97 Å². The fraction of sp³-hybridized carbons (Fsp3) is 0.417. The zero-order valence-corrected chi connectivity index (χ0v) is 10.1. The summed E-state index contributed by atoms with van der Waals surface area (Å²) in [6.45, 7) is 4.12. The van der Waals surface area contributed by atoms with E-state index in [1.165, 1.54) is 4.90 Å². The summed E-state index contributed by atoms with van der Waals surface area (Å²) in [5.41, 5.74) is -0.370. The maximum absolute atomic E-state index is 13.6. The first-order valence-corrected chi connectivity index (χ1v) is 5.53. The van der Waals surface area contributed by atoms with Gasteiger partial charge in [0.15, 0.2) is 11.6 Å². The van der Waals surface area contributed by atoms with Gasteiger partial charge in [0.2, 0.25) is 0 Å². The molecular formula is C12H14F3NO2. The summed E-state index contributed by atoms with van der Waals surface area (Å²) >= 11 is 0. The van der Waals surface area contributed by atoms with Crippen LogP contribution in [-0.4, -0.2) is 29.1 Å². The second-order valence-corrected chi connectivity index (χ2v) is 3.75. The van der Waals surface area contributed by atoms with Gasteiger partial charge in [-0.1, -0.05) is 13.8 Å². The van der Waals surface area contributed by atoms with Gasteiger partial charge in [0.05, 0.1) is 0 Å². The molecule has 1 aromatic carbocycles. The summed E-state index contributed by atoms with van der Waals surface area (Å²) in [5.74, 6) is -4.96. The van der Waals surface area contributed by atoms with Crippen LogP contribution in [0.1, 0.15) is 25.5 Å². The first-order valence-electron chi connectivity index (χ1n) is 5.53. The summed E-state index contributed by atoms with van der Waals surface area (Å²) in [7, 11) is 0. The minimum absolute atomic E-state index is 0.353. The van der Waals surface area contributed by atoms with Crippen LogP contribution >= 0.6 is 0 Å². The fourth-order valence-corrected chi connectivity index (χ4v) is 1.82. The van der Waals surface area contributed by atoms with Gasteiger partial charge in [-0.05, 0) is 19.2 Å². The molecule has 0 bridgehead atoms. The zero-order chi connectivity index (χ0) is 13.9. The number of hydrogen-bond acceptors (Lipinski definition) is 2. The highest BCUT2D eigenvalue weighted by Gasteiger charge is 2.29. The van der Waals surface area contributed by atoms with Gasteiger partial charge in [-0.2, -0.15) is 0 Å². The Morgan fingerprint density at radius 3 is 2.11 bits per heavy atom. The quantitative estimate of drug-likeness (QED) is 0.828. The standard InChI is InChI=1S/C12H14F3NO2/c1-3-16(4-2)11(12(17)18)7-5-9(14)10(15)6-8(7)13/h5-6,11H,3-4H2,1-2H3,(H,17,18). The van der Waals surface area contributed by atoms with Gasteiger partial charge in [-0.15, -0.1) is 0 Å². The maximum Gasteiger partial charge on any atom is 0.325 e. The topological polar surface area (TPSA) is 40.5 Å². The minimum atomic E-state index is -1.33. The zero-order valence-electron chi connectivity index (χ0n) is 10.1. The molecule has 1 aromatic rings. The smallest absolute Gasteiger partial charge is 0.325 e. The van der Waals surface area contributed by atoms with Crippen molar-refractivity contribution in [1.29, 1.82) is 0 Å². The van der Waals surface area contributed by atoms with Crippen LogP contribution in [0.3, 0.4) is 0 Å². The molecule has 0 fully saturated rings. The molecule has 0 saturated carbocycles. The Hall–Kier alpha value is -1.56. The first-order chi connectivity index (χ1) is 8.42. The molecule has 0 heterocycles. The maximum atomic E-state index is 13.6. The van der Waals surface area contributed by atoms with Crippen LogP contribution in [0, 0.1) is 17.5 Å². The van der Waals surface area contributed by atoms with Gasteiger partial charge in [-0.3, -0.25) is 9.69 Å². The van der Waals surface area contributed by atoms with Crippen molar-refractivity contribution in [3.05, 3.63) is 35.1 Å². The van der Waals surface area contributed by atoms with E-state index in [0.717, 1.165) is 0 Å². The van der Waals surface area contributed by atoms with Gasteiger partial charge in [0, 0.05) is 11.6 Å². The number of rotatable bonds is 5. The SMILES string of the molecule is CCN(CC)C(C(=O)O)c1cc(F)c(F)cc1F. The van der Waals surface area contributed by atoms with Crippen molar-refractivity contribution in [2.45, 2.75) is 19.9 Å². The number of nitrogens with zero attached hydrogens (tertiary/aromatic N) is 1. The van der Waals surface area contributed by atoms with E-state index >= 15 is 0 Å². The number of aliphatic carboxylic acids is 1. The Balaban J connectivity index is 3.30. The monoisotopic (exact) mass is 261 g/mol. The number of halogens is 3. The van der Waals surface area contributed by atoms with Crippen molar-refractivity contribution in [2.75, 3.05) is 13.1 Å². The molecule has 0 radical (unpaired) electrons. The molecule has 6 heteroatoms. The van der Waals surface area contributed by atoms with Gasteiger partial charge >= 0.3 is 5.97 Å². The lowest BCUT2D eigenvalue weighted by atomic mass is 10.0. The van der Waals surface area contributed by atoms with E-state index in [-0.39, 0.29) is 5.56 Å². The third kappa shape index (κ3) is 2.81. The second-order valence-electron chi connectivity index (χ2n) is 3.75. The number of benzene rings is 1. The average Bonchev–Trinajstić information content (AvgIpc) is 2.31.